The van der Waals surface area contributed by atoms with E-state index in [1.54, 1.807) is 36.4 Å². The lowest BCUT2D eigenvalue weighted by molar-refractivity contribution is -0.116. The molecule has 1 amide bonds. The fraction of sp³-hybridized carbons (Fsp3) is 0.0952. The van der Waals surface area contributed by atoms with Crippen LogP contribution in [0.5, 0.6) is 0 Å². The summed E-state index contributed by atoms with van der Waals surface area (Å²) < 4.78 is 14.6. The first-order valence-electron chi connectivity index (χ1n) is 8.73. The van der Waals surface area contributed by atoms with Gasteiger partial charge < -0.3 is 5.32 Å². The predicted octanol–water partition coefficient (Wildman–Crippen LogP) is 4.86. The van der Waals surface area contributed by atoms with Gasteiger partial charge in [-0.15, -0.1) is 11.3 Å². The van der Waals surface area contributed by atoms with E-state index in [1.807, 2.05) is 6.92 Å². The highest BCUT2D eigenvalue weighted by Gasteiger charge is 2.18. The highest BCUT2D eigenvalue weighted by Crippen LogP contribution is 2.35. The van der Waals surface area contributed by atoms with Crippen LogP contribution >= 0.6 is 22.9 Å². The second kappa shape index (κ2) is 7.77. The molecule has 0 unspecified atom stereocenters. The minimum atomic E-state index is -0.392. The van der Waals surface area contributed by atoms with E-state index in [2.05, 4.69) is 10.3 Å². The van der Waals surface area contributed by atoms with Crippen molar-refractivity contribution in [3.05, 3.63) is 80.9 Å². The second-order valence-corrected chi connectivity index (χ2v) is 8.04. The first-order chi connectivity index (χ1) is 13.9. The normalized spacial score (nSPS) is 11.0. The largest absolute Gasteiger partial charge is 0.323 e. The third-order valence-corrected chi connectivity index (χ3v) is 5.79. The molecule has 0 atom stereocenters. The van der Waals surface area contributed by atoms with Gasteiger partial charge in [0.2, 0.25) is 5.91 Å². The van der Waals surface area contributed by atoms with Gasteiger partial charge in [-0.3, -0.25) is 14.2 Å². The highest BCUT2D eigenvalue weighted by atomic mass is 35.5. The van der Waals surface area contributed by atoms with Crippen LogP contribution in [0.15, 0.2) is 59.7 Å². The predicted molar refractivity (Wildman–Crippen MR) is 114 cm³/mol. The van der Waals surface area contributed by atoms with Crippen LogP contribution in [-0.4, -0.2) is 15.5 Å². The molecule has 0 bridgehead atoms. The van der Waals surface area contributed by atoms with Gasteiger partial charge in [0.05, 0.1) is 22.4 Å². The van der Waals surface area contributed by atoms with Gasteiger partial charge in [0, 0.05) is 10.4 Å². The minimum absolute atomic E-state index is 0.204. The Kier molecular flexibility index (Phi) is 5.17. The zero-order chi connectivity index (χ0) is 20.5. The fourth-order valence-electron chi connectivity index (χ4n) is 3.12. The lowest BCUT2D eigenvalue weighted by Gasteiger charge is -2.09. The van der Waals surface area contributed by atoms with Crippen LogP contribution in [0.25, 0.3) is 21.3 Å². The van der Waals surface area contributed by atoms with Crippen molar-refractivity contribution in [2.24, 2.45) is 0 Å². The summed E-state index contributed by atoms with van der Waals surface area (Å²) >= 11 is 7.45. The molecule has 29 heavy (non-hydrogen) atoms. The molecular weight excluding hydrogens is 413 g/mol. The molecule has 0 aliphatic rings. The summed E-state index contributed by atoms with van der Waals surface area (Å²) in [6.07, 6.45) is 1.36. The van der Waals surface area contributed by atoms with Crippen molar-refractivity contribution in [3.8, 4) is 11.1 Å². The van der Waals surface area contributed by atoms with Crippen molar-refractivity contribution in [2.75, 3.05) is 5.32 Å². The first kappa shape index (κ1) is 19.3. The number of para-hydroxylation sites is 1. The van der Waals surface area contributed by atoms with E-state index in [9.17, 15) is 14.0 Å². The molecule has 0 aliphatic carbocycles. The standard InChI is InChI=1S/C21H15ClFN3O2S/c1-12-18(13-6-8-14(23)9-7-13)19-20(29-12)24-11-26(21(19)28)10-17(27)25-16-5-3-2-4-15(16)22/h2-9,11H,10H2,1H3,(H,25,27). The number of nitrogens with zero attached hydrogens (tertiary/aromatic N) is 2. The van der Waals surface area contributed by atoms with E-state index >= 15 is 0 Å². The first-order valence-corrected chi connectivity index (χ1v) is 9.92. The number of benzene rings is 2. The lowest BCUT2D eigenvalue weighted by Crippen LogP contribution is -2.27. The maximum absolute atomic E-state index is 13.3. The van der Waals surface area contributed by atoms with Crippen molar-refractivity contribution in [1.29, 1.82) is 0 Å². The molecule has 4 rings (SSSR count). The molecule has 0 saturated carbocycles. The van der Waals surface area contributed by atoms with E-state index in [0.29, 0.717) is 26.5 Å². The lowest BCUT2D eigenvalue weighted by atomic mass is 10.0. The molecule has 0 fully saturated rings. The number of halogens is 2. The number of nitrogens with one attached hydrogen (secondary N) is 1. The number of hydrogen-bond donors (Lipinski definition) is 1. The van der Waals surface area contributed by atoms with Crippen molar-refractivity contribution < 1.29 is 9.18 Å². The SMILES string of the molecule is Cc1sc2ncn(CC(=O)Nc3ccccc3Cl)c(=O)c2c1-c1ccc(F)cc1. The molecule has 0 spiro atoms. The third-order valence-electron chi connectivity index (χ3n) is 4.45. The Morgan fingerprint density at radius 2 is 1.93 bits per heavy atom. The topological polar surface area (TPSA) is 64.0 Å². The molecule has 1 N–H and O–H groups in total. The van der Waals surface area contributed by atoms with Gasteiger partial charge in [0.15, 0.2) is 0 Å². The maximum atomic E-state index is 13.3. The number of carbonyl (C=O) groups is 1. The zero-order valence-electron chi connectivity index (χ0n) is 15.3. The number of carbonyl (C=O) groups excluding carboxylic acids is 1. The van der Waals surface area contributed by atoms with E-state index in [4.69, 9.17) is 11.6 Å². The van der Waals surface area contributed by atoms with E-state index in [0.717, 1.165) is 10.4 Å². The molecule has 4 aromatic rings. The summed E-state index contributed by atoms with van der Waals surface area (Å²) in [5.74, 6) is -0.741. The molecule has 146 valence electrons. The molecule has 2 aromatic heterocycles. The average molecular weight is 428 g/mol. The molecule has 0 aliphatic heterocycles. The van der Waals surface area contributed by atoms with Crippen LogP contribution in [0.2, 0.25) is 5.02 Å². The number of aromatic nitrogens is 2. The zero-order valence-corrected chi connectivity index (χ0v) is 16.9. The Labute approximate surface area is 174 Å². The van der Waals surface area contributed by atoms with Crippen LogP contribution in [-0.2, 0) is 11.3 Å². The fourth-order valence-corrected chi connectivity index (χ4v) is 4.31. The number of hydrogen-bond acceptors (Lipinski definition) is 4. The Morgan fingerprint density at radius 3 is 2.66 bits per heavy atom. The van der Waals surface area contributed by atoms with Gasteiger partial charge in [-0.05, 0) is 36.8 Å². The van der Waals surface area contributed by atoms with Crippen LogP contribution in [0.1, 0.15) is 4.88 Å². The quantitative estimate of drug-likeness (QED) is 0.505. The summed E-state index contributed by atoms with van der Waals surface area (Å²) in [5, 5.41) is 3.53. The Hall–Kier alpha value is -3.03. The van der Waals surface area contributed by atoms with Crippen molar-refractivity contribution in [2.45, 2.75) is 13.5 Å². The number of aryl methyl sites for hydroxylation is 1. The van der Waals surface area contributed by atoms with Crippen LogP contribution in [0.3, 0.4) is 0 Å². The summed E-state index contributed by atoms with van der Waals surface area (Å²) in [7, 11) is 0. The summed E-state index contributed by atoms with van der Waals surface area (Å²) in [6.45, 7) is 1.68. The van der Waals surface area contributed by atoms with Gasteiger partial charge in [0.25, 0.3) is 5.56 Å². The Bertz CT molecular complexity index is 1280. The maximum Gasteiger partial charge on any atom is 0.263 e. The highest BCUT2D eigenvalue weighted by molar-refractivity contribution is 7.19. The van der Waals surface area contributed by atoms with Gasteiger partial charge in [-0.1, -0.05) is 35.9 Å². The summed E-state index contributed by atoms with van der Waals surface area (Å²) in [6, 6.07) is 12.8. The number of rotatable bonds is 4. The molecule has 5 nitrogen and oxygen atoms in total. The number of amides is 1. The molecule has 0 saturated heterocycles. The second-order valence-electron chi connectivity index (χ2n) is 6.43. The van der Waals surface area contributed by atoms with Crippen molar-refractivity contribution >= 4 is 44.7 Å². The monoisotopic (exact) mass is 427 g/mol. The van der Waals surface area contributed by atoms with E-state index < -0.39 is 5.91 Å². The van der Waals surface area contributed by atoms with Crippen LogP contribution in [0.4, 0.5) is 10.1 Å². The third kappa shape index (κ3) is 3.79. The minimum Gasteiger partial charge on any atom is -0.323 e. The molecule has 0 radical (unpaired) electrons. The molecule has 2 aromatic carbocycles. The molecular formula is C21H15ClFN3O2S. The number of thiophene rings is 1. The Morgan fingerprint density at radius 1 is 1.21 bits per heavy atom. The number of anilines is 1. The van der Waals surface area contributed by atoms with E-state index in [-0.39, 0.29) is 17.9 Å². The van der Waals surface area contributed by atoms with Gasteiger partial charge in [0.1, 0.15) is 17.2 Å². The Balaban J connectivity index is 1.71. The van der Waals surface area contributed by atoms with Gasteiger partial charge in [-0.25, -0.2) is 9.37 Å². The van der Waals surface area contributed by atoms with Gasteiger partial charge >= 0.3 is 0 Å². The molecule has 8 heteroatoms. The number of fused-ring (bicyclic) bond motifs is 1. The summed E-state index contributed by atoms with van der Waals surface area (Å²) in [4.78, 5) is 31.4. The van der Waals surface area contributed by atoms with Crippen molar-refractivity contribution in [1.82, 2.24) is 9.55 Å². The van der Waals surface area contributed by atoms with Crippen molar-refractivity contribution in [3.63, 3.8) is 0 Å². The smallest absolute Gasteiger partial charge is 0.263 e. The van der Waals surface area contributed by atoms with E-state index in [1.165, 1.54) is 34.4 Å². The molecule has 2 heterocycles. The van der Waals surface area contributed by atoms with Crippen LogP contribution in [0, 0.1) is 12.7 Å². The van der Waals surface area contributed by atoms with Gasteiger partial charge in [-0.2, -0.15) is 0 Å². The average Bonchev–Trinajstić information content (AvgIpc) is 3.03. The van der Waals surface area contributed by atoms with Crippen LogP contribution < -0.4 is 10.9 Å². The summed E-state index contributed by atoms with van der Waals surface area (Å²) in [5.41, 5.74) is 1.59.